The fraction of sp³-hybridized carbons (Fsp3) is 0. The second-order valence-electron chi connectivity index (χ2n) is 4.40. The molecule has 1 aromatic heterocycles. The molecule has 0 radical (unpaired) electrons. The van der Waals surface area contributed by atoms with Crippen LogP contribution in [0.4, 0.5) is 17.6 Å². The highest BCUT2D eigenvalue weighted by atomic mass is 35.5. The Morgan fingerprint density at radius 1 is 0.652 bits per heavy atom. The third kappa shape index (κ3) is 2.89. The SMILES string of the molecule is Fc1cc(Cl)c(-c2nnc(-c3cc(F)c(F)cc3Cl)o2)cc1F. The van der Waals surface area contributed by atoms with E-state index in [9.17, 15) is 17.6 Å². The summed E-state index contributed by atoms with van der Waals surface area (Å²) in [5.41, 5.74) is -0.106. The molecule has 0 fully saturated rings. The molecule has 9 heteroatoms. The first-order valence-corrected chi connectivity index (χ1v) is 6.75. The molecule has 0 saturated carbocycles. The lowest BCUT2D eigenvalue weighted by Crippen LogP contribution is -1.88. The quantitative estimate of drug-likeness (QED) is 0.460. The average molecular weight is 363 g/mol. The number of aromatic nitrogens is 2. The summed E-state index contributed by atoms with van der Waals surface area (Å²) < 4.78 is 58.0. The molecule has 0 aliphatic heterocycles. The Bertz CT molecular complexity index is 842. The molecule has 0 saturated heterocycles. The Labute approximate surface area is 136 Å². The first kappa shape index (κ1) is 15.8. The maximum absolute atomic E-state index is 13.3. The van der Waals surface area contributed by atoms with Crippen molar-refractivity contribution in [2.24, 2.45) is 0 Å². The van der Waals surface area contributed by atoms with Crippen molar-refractivity contribution >= 4 is 23.2 Å². The molecule has 0 unspecified atom stereocenters. The van der Waals surface area contributed by atoms with Crippen LogP contribution >= 0.6 is 23.2 Å². The first-order valence-electron chi connectivity index (χ1n) is 6.00. The van der Waals surface area contributed by atoms with E-state index in [1.807, 2.05) is 0 Å². The minimum atomic E-state index is -1.16. The topological polar surface area (TPSA) is 38.9 Å². The molecule has 3 nitrogen and oxygen atoms in total. The molecule has 3 aromatic rings. The first-order chi connectivity index (χ1) is 10.9. The fourth-order valence-corrected chi connectivity index (χ4v) is 2.28. The van der Waals surface area contributed by atoms with Gasteiger partial charge in [-0.15, -0.1) is 10.2 Å². The van der Waals surface area contributed by atoms with Crippen molar-refractivity contribution < 1.29 is 22.0 Å². The fourth-order valence-electron chi connectivity index (χ4n) is 1.81. The van der Waals surface area contributed by atoms with Gasteiger partial charge in [0.25, 0.3) is 0 Å². The van der Waals surface area contributed by atoms with Crippen LogP contribution in [0.15, 0.2) is 28.7 Å². The Balaban J connectivity index is 2.08. The van der Waals surface area contributed by atoms with Gasteiger partial charge in [0.05, 0.1) is 21.2 Å². The number of hydrogen-bond donors (Lipinski definition) is 0. The summed E-state index contributed by atoms with van der Waals surface area (Å²) in [5, 5.41) is 6.93. The van der Waals surface area contributed by atoms with Crippen molar-refractivity contribution in [2.75, 3.05) is 0 Å². The monoisotopic (exact) mass is 362 g/mol. The van der Waals surface area contributed by atoms with E-state index in [1.54, 1.807) is 0 Å². The molecule has 0 aliphatic carbocycles. The van der Waals surface area contributed by atoms with Crippen LogP contribution in [0.3, 0.4) is 0 Å². The van der Waals surface area contributed by atoms with Crippen LogP contribution in [0.2, 0.25) is 10.0 Å². The van der Waals surface area contributed by atoms with E-state index in [4.69, 9.17) is 27.6 Å². The number of nitrogens with zero attached hydrogens (tertiary/aromatic N) is 2. The normalized spacial score (nSPS) is 11.0. The van der Waals surface area contributed by atoms with Crippen LogP contribution in [0.25, 0.3) is 22.9 Å². The zero-order valence-corrected chi connectivity index (χ0v) is 12.4. The molecule has 3 rings (SSSR count). The average Bonchev–Trinajstić information content (AvgIpc) is 2.96. The zero-order chi connectivity index (χ0) is 16.7. The minimum absolute atomic E-state index is 0.0528. The molecule has 1 heterocycles. The van der Waals surface area contributed by atoms with Crippen molar-refractivity contribution in [1.29, 1.82) is 0 Å². The van der Waals surface area contributed by atoms with E-state index >= 15 is 0 Å². The summed E-state index contributed by atoms with van der Waals surface area (Å²) in [6.45, 7) is 0. The molecule has 0 N–H and O–H groups in total. The highest BCUT2D eigenvalue weighted by molar-refractivity contribution is 6.33. The lowest BCUT2D eigenvalue weighted by atomic mass is 10.2. The Morgan fingerprint density at radius 3 is 1.39 bits per heavy atom. The van der Waals surface area contributed by atoms with Crippen LogP contribution in [0, 0.1) is 23.3 Å². The van der Waals surface area contributed by atoms with Gasteiger partial charge in [-0.3, -0.25) is 0 Å². The van der Waals surface area contributed by atoms with Crippen LogP contribution < -0.4 is 0 Å². The molecule has 23 heavy (non-hydrogen) atoms. The second-order valence-corrected chi connectivity index (χ2v) is 5.22. The summed E-state index contributed by atoms with van der Waals surface area (Å²) in [6, 6.07) is 3.06. The van der Waals surface area contributed by atoms with Crippen molar-refractivity contribution in [3.8, 4) is 22.9 Å². The zero-order valence-electron chi connectivity index (χ0n) is 10.9. The standard InChI is InChI=1S/C14H4Cl2F4N2O/c15-7-3-11(19)9(17)1-5(7)13-21-22-14(23-13)6-2-10(18)12(20)4-8(6)16/h1-4H. The molecule has 0 bridgehead atoms. The summed E-state index contributed by atoms with van der Waals surface area (Å²) >= 11 is 11.6. The Kier molecular flexibility index (Phi) is 3.99. The van der Waals surface area contributed by atoms with Gasteiger partial charge >= 0.3 is 0 Å². The number of benzene rings is 2. The second kappa shape index (κ2) is 5.82. The van der Waals surface area contributed by atoms with Crippen molar-refractivity contribution in [3.05, 3.63) is 57.6 Å². The third-order valence-electron chi connectivity index (χ3n) is 2.91. The summed E-state index contributed by atoms with van der Waals surface area (Å²) in [6.07, 6.45) is 0. The predicted octanol–water partition coefficient (Wildman–Crippen LogP) is 5.27. The number of rotatable bonds is 2. The maximum Gasteiger partial charge on any atom is 0.249 e. The van der Waals surface area contributed by atoms with Gasteiger partial charge < -0.3 is 4.42 Å². The number of halogens is 6. The number of hydrogen-bond acceptors (Lipinski definition) is 3. The van der Waals surface area contributed by atoms with Gasteiger partial charge in [0.15, 0.2) is 23.3 Å². The van der Waals surface area contributed by atoms with Gasteiger partial charge in [-0.25, -0.2) is 17.6 Å². The lowest BCUT2D eigenvalue weighted by molar-refractivity contribution is 0.506. The smallest absolute Gasteiger partial charge is 0.249 e. The van der Waals surface area contributed by atoms with Crippen molar-refractivity contribution in [3.63, 3.8) is 0 Å². The van der Waals surface area contributed by atoms with Crippen LogP contribution in [-0.2, 0) is 0 Å². The van der Waals surface area contributed by atoms with Gasteiger partial charge in [0, 0.05) is 0 Å². The van der Waals surface area contributed by atoms with E-state index in [2.05, 4.69) is 10.2 Å². The molecular weight excluding hydrogens is 359 g/mol. The lowest BCUT2D eigenvalue weighted by Gasteiger charge is -2.01. The maximum atomic E-state index is 13.3. The molecule has 0 atom stereocenters. The largest absolute Gasteiger partial charge is 0.416 e. The van der Waals surface area contributed by atoms with E-state index in [1.165, 1.54) is 0 Å². The highest BCUT2D eigenvalue weighted by Crippen LogP contribution is 2.33. The van der Waals surface area contributed by atoms with Crippen LogP contribution in [-0.4, -0.2) is 10.2 Å². The predicted molar refractivity (Wildman–Crippen MR) is 75.0 cm³/mol. The molecule has 0 aliphatic rings. The summed E-state index contributed by atoms with van der Waals surface area (Å²) in [7, 11) is 0. The van der Waals surface area contributed by atoms with E-state index in [0.717, 1.165) is 24.3 Å². The van der Waals surface area contributed by atoms with Crippen molar-refractivity contribution in [1.82, 2.24) is 10.2 Å². The van der Waals surface area contributed by atoms with Crippen molar-refractivity contribution in [2.45, 2.75) is 0 Å². The molecule has 118 valence electrons. The van der Waals surface area contributed by atoms with Gasteiger partial charge in [-0.05, 0) is 24.3 Å². The van der Waals surface area contributed by atoms with Crippen LogP contribution in [0.1, 0.15) is 0 Å². The van der Waals surface area contributed by atoms with Gasteiger partial charge in [0.1, 0.15) is 0 Å². The molecule has 2 aromatic carbocycles. The van der Waals surface area contributed by atoms with E-state index in [-0.39, 0.29) is 33.0 Å². The highest BCUT2D eigenvalue weighted by Gasteiger charge is 2.19. The van der Waals surface area contributed by atoms with E-state index < -0.39 is 23.3 Å². The van der Waals surface area contributed by atoms with Crippen LogP contribution in [0.5, 0.6) is 0 Å². The Hall–Kier alpha value is -2.12. The summed E-state index contributed by atoms with van der Waals surface area (Å²) in [5.74, 6) is -5.05. The third-order valence-corrected chi connectivity index (χ3v) is 3.53. The van der Waals surface area contributed by atoms with Gasteiger partial charge in [0.2, 0.25) is 11.8 Å². The Morgan fingerprint density at radius 2 is 1.00 bits per heavy atom. The minimum Gasteiger partial charge on any atom is -0.416 e. The molecule has 0 amide bonds. The van der Waals surface area contributed by atoms with Gasteiger partial charge in [-0.2, -0.15) is 0 Å². The van der Waals surface area contributed by atoms with E-state index in [0.29, 0.717) is 0 Å². The summed E-state index contributed by atoms with van der Waals surface area (Å²) in [4.78, 5) is 0. The van der Waals surface area contributed by atoms with Gasteiger partial charge in [-0.1, -0.05) is 23.2 Å². The molecular formula is C14H4Cl2F4N2O. The molecule has 0 spiro atoms.